The predicted molar refractivity (Wildman–Crippen MR) is 108 cm³/mol. The van der Waals surface area contributed by atoms with E-state index < -0.39 is 11.8 Å². The molecule has 1 aromatic carbocycles. The zero-order valence-corrected chi connectivity index (χ0v) is 17.4. The average Bonchev–Trinajstić information content (AvgIpc) is 3.01. The van der Waals surface area contributed by atoms with E-state index in [1.165, 1.54) is 0 Å². The van der Waals surface area contributed by atoms with Crippen molar-refractivity contribution in [2.24, 2.45) is 5.92 Å². The topological polar surface area (TPSA) is 71.9 Å². The van der Waals surface area contributed by atoms with Gasteiger partial charge in [0.05, 0.1) is 22.9 Å². The molecule has 2 aliphatic heterocycles. The van der Waals surface area contributed by atoms with E-state index >= 15 is 0 Å². The number of pyridine rings is 1. The van der Waals surface area contributed by atoms with E-state index in [-0.39, 0.29) is 11.8 Å². The molecule has 154 valence electrons. The van der Waals surface area contributed by atoms with Crippen molar-refractivity contribution in [3.05, 3.63) is 63.9 Å². The van der Waals surface area contributed by atoms with Crippen LogP contribution in [0, 0.1) is 5.92 Å². The smallest absolute Gasteiger partial charge is 0.256 e. The highest BCUT2D eigenvalue weighted by Gasteiger charge is 2.40. The van der Waals surface area contributed by atoms with Crippen LogP contribution >= 0.6 is 11.6 Å². The molecule has 2 aromatic rings. The van der Waals surface area contributed by atoms with E-state index in [9.17, 15) is 9.90 Å². The molecule has 0 radical (unpaired) electrons. The number of hydrogen-bond donors (Lipinski definition) is 1. The number of benzene rings is 1. The first-order valence-electron chi connectivity index (χ1n) is 9.80. The van der Waals surface area contributed by atoms with Gasteiger partial charge in [0.2, 0.25) is 0 Å². The number of halogens is 1. The lowest BCUT2D eigenvalue weighted by Gasteiger charge is -2.36. The predicted octanol–water partition coefficient (Wildman–Crippen LogP) is 3.67. The van der Waals surface area contributed by atoms with Gasteiger partial charge in [-0.25, -0.2) is 0 Å². The lowest BCUT2D eigenvalue weighted by Crippen LogP contribution is -2.36. The fourth-order valence-electron chi connectivity index (χ4n) is 4.28. The molecule has 1 aromatic heterocycles. The lowest BCUT2D eigenvalue weighted by molar-refractivity contribution is -0.0580. The maximum Gasteiger partial charge on any atom is 0.256 e. The van der Waals surface area contributed by atoms with Gasteiger partial charge in [0.15, 0.2) is 6.23 Å². The number of carbonyl (C=O) groups excluding carboxylic acids is 1. The molecule has 2 atom stereocenters. The molecule has 3 heterocycles. The van der Waals surface area contributed by atoms with E-state index in [1.54, 1.807) is 30.3 Å². The van der Waals surface area contributed by atoms with Gasteiger partial charge in [-0.3, -0.25) is 9.78 Å². The normalized spacial score (nSPS) is 21.9. The van der Waals surface area contributed by atoms with E-state index in [0.717, 1.165) is 29.7 Å². The second-order valence-corrected chi connectivity index (χ2v) is 8.26. The summed E-state index contributed by atoms with van der Waals surface area (Å²) < 4.78 is 11.1. The van der Waals surface area contributed by atoms with Crippen LogP contribution < -0.4 is 0 Å². The third-order valence-electron chi connectivity index (χ3n) is 6.04. The summed E-state index contributed by atoms with van der Waals surface area (Å²) >= 11 is 5.91. The van der Waals surface area contributed by atoms with Gasteiger partial charge < -0.3 is 19.5 Å². The van der Waals surface area contributed by atoms with Crippen molar-refractivity contribution in [3.63, 3.8) is 0 Å². The van der Waals surface area contributed by atoms with Crippen LogP contribution in [0.25, 0.3) is 0 Å². The first-order chi connectivity index (χ1) is 13.9. The van der Waals surface area contributed by atoms with E-state index in [0.29, 0.717) is 30.3 Å². The zero-order chi connectivity index (χ0) is 20.6. The zero-order valence-electron chi connectivity index (χ0n) is 16.6. The summed E-state index contributed by atoms with van der Waals surface area (Å²) in [7, 11) is 1.58. The Morgan fingerprint density at radius 3 is 2.72 bits per heavy atom. The standard InChI is InChI=1S/C22H25ClN2O4/c1-22(27,14-7-9-29-10-8-14)15-3-6-18-19(11-15)20(26)25(21(18)28-2)13-17-5-4-16(23)12-24-17/h3-6,11-12,14,21,27H,7-10,13H2,1-2H3/t21-,22?/m1/s1. The molecule has 4 rings (SSSR count). The number of methoxy groups -OCH3 is 1. The summed E-state index contributed by atoms with van der Waals surface area (Å²) in [5.41, 5.74) is 1.82. The second kappa shape index (κ2) is 8.03. The van der Waals surface area contributed by atoms with Gasteiger partial charge in [0.25, 0.3) is 5.91 Å². The van der Waals surface area contributed by atoms with Gasteiger partial charge in [0, 0.05) is 37.6 Å². The lowest BCUT2D eigenvalue weighted by atomic mass is 9.78. The number of amides is 1. The van der Waals surface area contributed by atoms with Crippen molar-refractivity contribution >= 4 is 17.5 Å². The quantitative estimate of drug-likeness (QED) is 0.805. The van der Waals surface area contributed by atoms with Crippen LogP contribution in [0.4, 0.5) is 0 Å². The van der Waals surface area contributed by atoms with Crippen LogP contribution in [-0.2, 0) is 21.6 Å². The highest BCUT2D eigenvalue weighted by molar-refractivity contribution is 6.30. The Morgan fingerprint density at radius 2 is 2.07 bits per heavy atom. The molecule has 2 aliphatic rings. The highest BCUT2D eigenvalue weighted by atomic mass is 35.5. The highest BCUT2D eigenvalue weighted by Crippen LogP contribution is 2.40. The number of hydrogen-bond acceptors (Lipinski definition) is 5. The fourth-order valence-corrected chi connectivity index (χ4v) is 4.39. The molecule has 1 amide bonds. The molecular formula is C22H25ClN2O4. The largest absolute Gasteiger partial charge is 0.385 e. The molecule has 6 nitrogen and oxygen atoms in total. The van der Waals surface area contributed by atoms with Crippen molar-refractivity contribution in [3.8, 4) is 0 Å². The number of ether oxygens (including phenoxy) is 2. The molecule has 0 spiro atoms. The van der Waals surface area contributed by atoms with Crippen LogP contribution in [0.3, 0.4) is 0 Å². The minimum atomic E-state index is -1.02. The Kier molecular flexibility index (Phi) is 5.62. The van der Waals surface area contributed by atoms with Crippen molar-refractivity contribution in [1.82, 2.24) is 9.88 Å². The summed E-state index contributed by atoms with van der Waals surface area (Å²) in [6, 6.07) is 9.15. The minimum absolute atomic E-state index is 0.0957. The summed E-state index contributed by atoms with van der Waals surface area (Å²) in [6.07, 6.45) is 2.67. The number of aromatic nitrogens is 1. The molecule has 1 unspecified atom stereocenters. The van der Waals surface area contributed by atoms with Crippen LogP contribution in [0.5, 0.6) is 0 Å². The summed E-state index contributed by atoms with van der Waals surface area (Å²) in [6.45, 7) is 3.44. The van der Waals surface area contributed by atoms with Crippen molar-refractivity contribution in [2.75, 3.05) is 20.3 Å². The summed E-state index contributed by atoms with van der Waals surface area (Å²) in [5.74, 6) is -0.0355. The average molecular weight is 417 g/mol. The number of rotatable bonds is 5. The van der Waals surface area contributed by atoms with Crippen LogP contribution in [0.2, 0.25) is 5.02 Å². The molecule has 1 N–H and O–H groups in total. The first kappa shape index (κ1) is 20.3. The van der Waals surface area contributed by atoms with Gasteiger partial charge in [-0.05, 0) is 49.4 Å². The summed E-state index contributed by atoms with van der Waals surface area (Å²) in [4.78, 5) is 19.1. The Bertz CT molecular complexity index is 894. The molecule has 29 heavy (non-hydrogen) atoms. The SMILES string of the molecule is CO[C@@H]1c2ccc(C(C)(O)C3CCOCC3)cc2C(=O)N1Cc1ccc(Cl)cn1. The molecule has 1 saturated heterocycles. The summed E-state index contributed by atoms with van der Waals surface area (Å²) in [5, 5.41) is 11.8. The number of fused-ring (bicyclic) bond motifs is 1. The number of nitrogens with zero attached hydrogens (tertiary/aromatic N) is 2. The van der Waals surface area contributed by atoms with Crippen molar-refractivity contribution < 1.29 is 19.4 Å². The van der Waals surface area contributed by atoms with Crippen LogP contribution in [-0.4, -0.2) is 41.2 Å². The van der Waals surface area contributed by atoms with E-state index in [1.807, 2.05) is 25.1 Å². The third kappa shape index (κ3) is 3.78. The maximum absolute atomic E-state index is 13.2. The van der Waals surface area contributed by atoms with Crippen molar-refractivity contribution in [1.29, 1.82) is 0 Å². The Hall–Kier alpha value is -1.99. The van der Waals surface area contributed by atoms with Crippen LogP contribution in [0.15, 0.2) is 36.5 Å². The Morgan fingerprint density at radius 1 is 1.31 bits per heavy atom. The molecule has 0 aliphatic carbocycles. The van der Waals surface area contributed by atoms with Gasteiger partial charge in [0.1, 0.15) is 0 Å². The van der Waals surface area contributed by atoms with E-state index in [4.69, 9.17) is 21.1 Å². The Balaban J connectivity index is 1.63. The van der Waals surface area contributed by atoms with E-state index in [2.05, 4.69) is 4.98 Å². The Labute approximate surface area is 175 Å². The molecule has 0 bridgehead atoms. The van der Waals surface area contributed by atoms with Crippen molar-refractivity contribution in [2.45, 2.75) is 38.1 Å². The molecular weight excluding hydrogens is 392 g/mol. The third-order valence-corrected chi connectivity index (χ3v) is 6.26. The minimum Gasteiger partial charge on any atom is -0.385 e. The van der Waals surface area contributed by atoms with Gasteiger partial charge in [-0.15, -0.1) is 0 Å². The number of aliphatic hydroxyl groups is 1. The first-order valence-corrected chi connectivity index (χ1v) is 10.2. The molecule has 1 fully saturated rings. The molecule has 0 saturated carbocycles. The van der Waals surface area contributed by atoms with Gasteiger partial charge in [-0.1, -0.05) is 23.7 Å². The second-order valence-electron chi connectivity index (χ2n) is 7.83. The molecule has 7 heteroatoms. The van der Waals surface area contributed by atoms with Crippen LogP contribution in [0.1, 0.15) is 53.2 Å². The maximum atomic E-state index is 13.2. The van der Waals surface area contributed by atoms with Gasteiger partial charge in [-0.2, -0.15) is 0 Å². The number of carbonyl (C=O) groups is 1. The van der Waals surface area contributed by atoms with Gasteiger partial charge >= 0.3 is 0 Å². The monoisotopic (exact) mass is 416 g/mol. The fraction of sp³-hybridized carbons (Fsp3) is 0.455.